The summed E-state index contributed by atoms with van der Waals surface area (Å²) in [5, 5.41) is 9.61. The summed E-state index contributed by atoms with van der Waals surface area (Å²) in [6.07, 6.45) is 3.05. The van der Waals surface area contributed by atoms with Gasteiger partial charge in [-0.2, -0.15) is 0 Å². The molecule has 1 saturated heterocycles. The number of carboxylic acids is 1. The molecule has 0 amide bonds. The summed E-state index contributed by atoms with van der Waals surface area (Å²) < 4.78 is 0.730. The molecular weight excluding hydrogens is 295 g/mol. The van der Waals surface area contributed by atoms with Crippen LogP contribution in [0.2, 0.25) is 5.02 Å². The molecule has 2 rings (SSSR count). The number of nitrogens with zero attached hydrogens (tertiary/aromatic N) is 2. The van der Waals surface area contributed by atoms with Crippen LogP contribution >= 0.6 is 27.5 Å². The highest BCUT2D eigenvalue weighted by Gasteiger charge is 2.32. The number of halogens is 2. The van der Waals surface area contributed by atoms with Crippen LogP contribution in [0, 0.1) is 0 Å². The average Bonchev–Trinajstić information content (AvgIpc) is 2.66. The molecule has 0 radical (unpaired) electrons. The molecule has 0 aliphatic carbocycles. The Kier molecular flexibility index (Phi) is 3.35. The highest BCUT2D eigenvalue weighted by atomic mass is 79.9. The van der Waals surface area contributed by atoms with Crippen LogP contribution in [0.1, 0.15) is 12.8 Å². The highest BCUT2D eigenvalue weighted by Crippen LogP contribution is 2.31. The van der Waals surface area contributed by atoms with E-state index in [4.69, 9.17) is 16.7 Å². The summed E-state index contributed by atoms with van der Waals surface area (Å²) in [5.74, 6) is -0.157. The van der Waals surface area contributed by atoms with Gasteiger partial charge in [-0.3, -0.25) is 0 Å². The van der Waals surface area contributed by atoms with Gasteiger partial charge in [0.1, 0.15) is 11.9 Å². The van der Waals surface area contributed by atoms with Gasteiger partial charge in [0.15, 0.2) is 0 Å². The fourth-order valence-electron chi connectivity index (χ4n) is 1.90. The number of hydrogen-bond donors (Lipinski definition) is 1. The Morgan fingerprint density at radius 3 is 3.06 bits per heavy atom. The van der Waals surface area contributed by atoms with Crippen LogP contribution in [0.15, 0.2) is 16.7 Å². The molecule has 2 heterocycles. The van der Waals surface area contributed by atoms with Crippen molar-refractivity contribution in [3.63, 3.8) is 0 Å². The first-order chi connectivity index (χ1) is 7.59. The number of carbonyl (C=O) groups is 1. The molecule has 0 saturated carbocycles. The SMILES string of the molecule is O=C(O)[C@@H]1CCCN1c1ncc(Cl)cc1Br. The average molecular weight is 306 g/mol. The Morgan fingerprint density at radius 2 is 2.44 bits per heavy atom. The van der Waals surface area contributed by atoms with Crippen LogP contribution in [-0.4, -0.2) is 28.6 Å². The molecular formula is C10H10BrClN2O2. The standard InChI is InChI=1S/C10H10BrClN2O2/c11-7-4-6(12)5-13-9(7)14-3-1-2-8(14)10(15)16/h4-5,8H,1-3H2,(H,15,16)/t8-/m0/s1. The maximum absolute atomic E-state index is 11.1. The van der Waals surface area contributed by atoms with E-state index in [0.29, 0.717) is 23.8 Å². The minimum Gasteiger partial charge on any atom is -0.480 e. The summed E-state index contributed by atoms with van der Waals surface area (Å²) in [4.78, 5) is 17.0. The monoisotopic (exact) mass is 304 g/mol. The third-order valence-corrected chi connectivity index (χ3v) is 3.39. The number of aliphatic carboxylic acids is 1. The smallest absolute Gasteiger partial charge is 0.326 e. The van der Waals surface area contributed by atoms with Gasteiger partial charge in [-0.05, 0) is 34.8 Å². The van der Waals surface area contributed by atoms with E-state index in [9.17, 15) is 4.79 Å². The maximum atomic E-state index is 11.1. The van der Waals surface area contributed by atoms with Crippen molar-refractivity contribution in [1.82, 2.24) is 4.98 Å². The Hall–Kier alpha value is -0.810. The molecule has 1 N–H and O–H groups in total. The third kappa shape index (κ3) is 2.15. The molecule has 6 heteroatoms. The molecule has 86 valence electrons. The summed E-state index contributed by atoms with van der Waals surface area (Å²) in [5.41, 5.74) is 0. The van der Waals surface area contributed by atoms with E-state index in [1.165, 1.54) is 6.20 Å². The molecule has 0 spiro atoms. The predicted octanol–water partition coefficient (Wildman–Crippen LogP) is 2.55. The zero-order valence-electron chi connectivity index (χ0n) is 8.36. The first kappa shape index (κ1) is 11.7. The van der Waals surface area contributed by atoms with Crippen LogP contribution in [0.4, 0.5) is 5.82 Å². The second-order valence-corrected chi connectivity index (χ2v) is 4.94. The van der Waals surface area contributed by atoms with Crippen molar-refractivity contribution < 1.29 is 9.90 Å². The largest absolute Gasteiger partial charge is 0.480 e. The number of carboxylic acid groups (broad SMARTS) is 1. The highest BCUT2D eigenvalue weighted by molar-refractivity contribution is 9.10. The molecule has 1 aliphatic rings. The fraction of sp³-hybridized carbons (Fsp3) is 0.400. The van der Waals surface area contributed by atoms with E-state index in [1.54, 1.807) is 11.0 Å². The lowest BCUT2D eigenvalue weighted by molar-refractivity contribution is -0.138. The lowest BCUT2D eigenvalue weighted by atomic mass is 10.2. The summed E-state index contributed by atoms with van der Waals surface area (Å²) in [7, 11) is 0. The maximum Gasteiger partial charge on any atom is 0.326 e. The molecule has 1 aromatic rings. The van der Waals surface area contributed by atoms with Crippen molar-refractivity contribution in [2.24, 2.45) is 0 Å². The van der Waals surface area contributed by atoms with E-state index in [2.05, 4.69) is 20.9 Å². The second-order valence-electron chi connectivity index (χ2n) is 3.65. The Bertz CT molecular complexity index is 427. The van der Waals surface area contributed by atoms with Gasteiger partial charge in [0.2, 0.25) is 0 Å². The topological polar surface area (TPSA) is 53.4 Å². The molecule has 1 aliphatic heterocycles. The van der Waals surface area contributed by atoms with Gasteiger partial charge in [-0.25, -0.2) is 9.78 Å². The minimum absolute atomic E-state index is 0.482. The lowest BCUT2D eigenvalue weighted by Gasteiger charge is -2.23. The lowest BCUT2D eigenvalue weighted by Crippen LogP contribution is -2.36. The van der Waals surface area contributed by atoms with Crippen LogP contribution in [0.3, 0.4) is 0 Å². The van der Waals surface area contributed by atoms with Gasteiger partial charge >= 0.3 is 5.97 Å². The van der Waals surface area contributed by atoms with Gasteiger partial charge in [-0.15, -0.1) is 0 Å². The zero-order valence-corrected chi connectivity index (χ0v) is 10.7. The molecule has 0 aromatic carbocycles. The van der Waals surface area contributed by atoms with Crippen LogP contribution < -0.4 is 4.90 Å². The number of hydrogen-bond acceptors (Lipinski definition) is 3. The van der Waals surface area contributed by atoms with E-state index >= 15 is 0 Å². The fourth-order valence-corrected chi connectivity index (χ4v) is 2.76. The number of pyridine rings is 1. The van der Waals surface area contributed by atoms with Crippen molar-refractivity contribution in [1.29, 1.82) is 0 Å². The van der Waals surface area contributed by atoms with Gasteiger partial charge in [0, 0.05) is 12.7 Å². The molecule has 1 aromatic heterocycles. The van der Waals surface area contributed by atoms with E-state index in [0.717, 1.165) is 10.9 Å². The first-order valence-corrected chi connectivity index (χ1v) is 6.07. The zero-order chi connectivity index (χ0) is 11.7. The van der Waals surface area contributed by atoms with Gasteiger partial charge in [0.25, 0.3) is 0 Å². The quantitative estimate of drug-likeness (QED) is 0.912. The van der Waals surface area contributed by atoms with Crippen molar-refractivity contribution in [2.75, 3.05) is 11.4 Å². The Morgan fingerprint density at radius 1 is 1.69 bits per heavy atom. The van der Waals surface area contributed by atoms with Gasteiger partial charge in [0.05, 0.1) is 9.50 Å². The van der Waals surface area contributed by atoms with Crippen LogP contribution in [-0.2, 0) is 4.79 Å². The molecule has 1 fully saturated rings. The van der Waals surface area contributed by atoms with E-state index in [1.807, 2.05) is 0 Å². The Balaban J connectivity index is 2.32. The number of aromatic nitrogens is 1. The van der Waals surface area contributed by atoms with Crippen molar-refractivity contribution >= 4 is 39.3 Å². The second kappa shape index (κ2) is 4.59. The van der Waals surface area contributed by atoms with Gasteiger partial charge < -0.3 is 10.0 Å². The first-order valence-electron chi connectivity index (χ1n) is 4.90. The summed E-state index contributed by atoms with van der Waals surface area (Å²) in [6.45, 7) is 0.712. The molecule has 4 nitrogen and oxygen atoms in total. The third-order valence-electron chi connectivity index (χ3n) is 2.60. The van der Waals surface area contributed by atoms with E-state index in [-0.39, 0.29) is 0 Å². The Labute approximate surface area is 106 Å². The molecule has 0 unspecified atom stereocenters. The van der Waals surface area contributed by atoms with Gasteiger partial charge in [-0.1, -0.05) is 11.6 Å². The molecule has 1 atom stereocenters. The summed E-state index contributed by atoms with van der Waals surface area (Å²) >= 11 is 9.15. The molecule has 0 bridgehead atoms. The predicted molar refractivity (Wildman–Crippen MR) is 65.0 cm³/mol. The van der Waals surface area contributed by atoms with Crippen molar-refractivity contribution in [3.8, 4) is 0 Å². The number of rotatable bonds is 2. The normalized spacial score (nSPS) is 20.1. The van der Waals surface area contributed by atoms with Crippen LogP contribution in [0.5, 0.6) is 0 Å². The van der Waals surface area contributed by atoms with Crippen LogP contribution in [0.25, 0.3) is 0 Å². The van der Waals surface area contributed by atoms with Crippen molar-refractivity contribution in [2.45, 2.75) is 18.9 Å². The van der Waals surface area contributed by atoms with Crippen molar-refractivity contribution in [3.05, 3.63) is 21.8 Å². The minimum atomic E-state index is -0.804. The number of anilines is 1. The molecule has 16 heavy (non-hydrogen) atoms. The van der Waals surface area contributed by atoms with E-state index < -0.39 is 12.0 Å². The summed E-state index contributed by atoms with van der Waals surface area (Å²) in [6, 6.07) is 1.24.